The van der Waals surface area contributed by atoms with Gasteiger partial charge in [-0.1, -0.05) is 142 Å². The van der Waals surface area contributed by atoms with Gasteiger partial charge in [-0.15, -0.1) is 0 Å². The molecule has 0 heterocycles. The van der Waals surface area contributed by atoms with Gasteiger partial charge in [0.05, 0.1) is 24.0 Å². The summed E-state index contributed by atoms with van der Waals surface area (Å²) in [6.45, 7) is 13.5. The highest BCUT2D eigenvalue weighted by molar-refractivity contribution is 5.78. The van der Waals surface area contributed by atoms with Gasteiger partial charge >= 0.3 is 11.9 Å². The van der Waals surface area contributed by atoms with Gasteiger partial charge in [-0.2, -0.15) is 0 Å². The molecule has 0 aromatic heterocycles. The SMILES string of the molecule is CCCCCCCCCCCOC(=O)C(C)(C)CCCCCC(=O)CCCCCC(C)(C)C(=O)OCCCCCCCCCCC. The number of carbonyl (C=O) groups excluding carboxylic acids is 3. The maximum Gasteiger partial charge on any atom is 0.311 e. The summed E-state index contributed by atoms with van der Waals surface area (Å²) in [6.07, 6.45) is 31.1. The molecule has 0 bridgehead atoms. The maximum atomic E-state index is 12.6. The third kappa shape index (κ3) is 26.7. The first kappa shape index (κ1) is 44.6. The number of ketones is 1. The molecule has 0 aliphatic carbocycles. The number of unbranched alkanes of at least 4 members (excludes halogenated alkanes) is 20. The van der Waals surface area contributed by atoms with Crippen molar-refractivity contribution in [3.05, 3.63) is 0 Å². The van der Waals surface area contributed by atoms with Crippen molar-refractivity contribution in [2.45, 2.75) is 221 Å². The Balaban J connectivity index is 3.77. The molecule has 0 atom stereocenters. The van der Waals surface area contributed by atoms with Crippen LogP contribution in [0.15, 0.2) is 0 Å². The van der Waals surface area contributed by atoms with E-state index in [1.165, 1.54) is 89.9 Å². The Morgan fingerprint density at radius 2 is 0.674 bits per heavy atom. The summed E-state index contributed by atoms with van der Waals surface area (Å²) >= 11 is 0. The minimum absolute atomic E-state index is 0.0848. The van der Waals surface area contributed by atoms with Gasteiger partial charge in [0.1, 0.15) is 5.78 Å². The smallest absolute Gasteiger partial charge is 0.311 e. The van der Waals surface area contributed by atoms with Gasteiger partial charge in [0.25, 0.3) is 0 Å². The van der Waals surface area contributed by atoms with Gasteiger partial charge in [0.15, 0.2) is 0 Å². The van der Waals surface area contributed by atoms with E-state index in [-0.39, 0.29) is 11.9 Å². The van der Waals surface area contributed by atoms with Gasteiger partial charge in [0, 0.05) is 12.8 Å². The van der Waals surface area contributed by atoms with Crippen molar-refractivity contribution in [3.8, 4) is 0 Å². The molecule has 0 aromatic carbocycles. The zero-order valence-corrected chi connectivity index (χ0v) is 31.8. The van der Waals surface area contributed by atoms with E-state index in [2.05, 4.69) is 13.8 Å². The summed E-state index contributed by atoms with van der Waals surface area (Å²) in [7, 11) is 0. The van der Waals surface area contributed by atoms with Crippen LogP contribution in [0, 0.1) is 10.8 Å². The zero-order valence-electron chi connectivity index (χ0n) is 31.8. The third-order valence-corrected chi connectivity index (χ3v) is 9.58. The third-order valence-electron chi connectivity index (χ3n) is 9.58. The number of carbonyl (C=O) groups is 3. The number of Topliss-reactive ketones (excluding diaryl/α,β-unsaturated/α-hetero) is 1. The van der Waals surface area contributed by atoms with E-state index in [0.29, 0.717) is 31.8 Å². The van der Waals surface area contributed by atoms with Gasteiger partial charge in [0.2, 0.25) is 0 Å². The fraction of sp³-hybridized carbons (Fsp3) is 0.927. The van der Waals surface area contributed by atoms with Crippen molar-refractivity contribution in [3.63, 3.8) is 0 Å². The van der Waals surface area contributed by atoms with E-state index in [1.54, 1.807) is 0 Å². The maximum absolute atomic E-state index is 12.6. The molecule has 0 saturated heterocycles. The molecule has 0 radical (unpaired) electrons. The first-order valence-corrected chi connectivity index (χ1v) is 19.9. The summed E-state index contributed by atoms with van der Waals surface area (Å²) in [5.74, 6) is 0.163. The quantitative estimate of drug-likeness (QED) is 0.0512. The minimum atomic E-state index is -0.462. The van der Waals surface area contributed by atoms with Crippen LogP contribution in [-0.4, -0.2) is 30.9 Å². The van der Waals surface area contributed by atoms with Crippen LogP contribution in [0.25, 0.3) is 0 Å². The highest BCUT2D eigenvalue weighted by Crippen LogP contribution is 2.27. The average Bonchev–Trinajstić information content (AvgIpc) is 3.02. The fourth-order valence-electron chi connectivity index (χ4n) is 6.01. The molecule has 5 nitrogen and oxygen atoms in total. The van der Waals surface area contributed by atoms with E-state index in [4.69, 9.17) is 9.47 Å². The number of esters is 2. The molecule has 0 aliphatic rings. The zero-order chi connectivity index (χ0) is 34.4. The molecule has 5 heteroatoms. The lowest BCUT2D eigenvalue weighted by atomic mass is 9.86. The lowest BCUT2D eigenvalue weighted by molar-refractivity contribution is -0.155. The standard InChI is InChI=1S/C41H78O5/c1-7-9-11-13-15-17-19-21-29-35-45-38(43)40(3,4)33-27-23-25-31-37(42)32-26-24-28-34-41(5,6)39(44)46-36-30-22-20-18-16-14-12-10-8-2/h7-36H2,1-6H3. The average molecular weight is 651 g/mol. The second-order valence-electron chi connectivity index (χ2n) is 15.4. The van der Waals surface area contributed by atoms with Crippen LogP contribution >= 0.6 is 0 Å². The molecule has 0 spiro atoms. The molecule has 0 fully saturated rings. The summed E-state index contributed by atoms with van der Waals surface area (Å²) in [6, 6.07) is 0. The molecule has 0 aliphatic heterocycles. The summed E-state index contributed by atoms with van der Waals surface area (Å²) in [5, 5.41) is 0. The van der Waals surface area contributed by atoms with Gasteiger partial charge in [-0.05, 0) is 66.2 Å². The molecular weight excluding hydrogens is 572 g/mol. The lowest BCUT2D eigenvalue weighted by Gasteiger charge is -2.22. The predicted octanol–water partition coefficient (Wildman–Crippen LogP) is 12.7. The summed E-state index contributed by atoms with van der Waals surface area (Å²) < 4.78 is 11.2. The van der Waals surface area contributed by atoms with Crippen molar-refractivity contribution < 1.29 is 23.9 Å². The predicted molar refractivity (Wildman–Crippen MR) is 195 cm³/mol. The first-order valence-electron chi connectivity index (χ1n) is 19.9. The highest BCUT2D eigenvalue weighted by atomic mass is 16.5. The Bertz CT molecular complexity index is 681. The largest absolute Gasteiger partial charge is 0.465 e. The molecular formula is C41H78O5. The fourth-order valence-corrected chi connectivity index (χ4v) is 6.01. The van der Waals surface area contributed by atoms with E-state index in [9.17, 15) is 14.4 Å². The molecule has 0 aromatic rings. The Morgan fingerprint density at radius 1 is 0.391 bits per heavy atom. The number of rotatable bonds is 34. The Labute approximate surface area is 286 Å². The summed E-state index contributed by atoms with van der Waals surface area (Å²) in [4.78, 5) is 37.5. The monoisotopic (exact) mass is 651 g/mol. The van der Waals surface area contributed by atoms with Gasteiger partial charge < -0.3 is 9.47 Å². The molecule has 0 unspecified atom stereocenters. The molecule has 46 heavy (non-hydrogen) atoms. The first-order chi connectivity index (χ1) is 22.1. The number of hydrogen-bond acceptors (Lipinski definition) is 5. The van der Waals surface area contributed by atoms with Crippen LogP contribution in [0.2, 0.25) is 0 Å². The van der Waals surface area contributed by atoms with Crippen molar-refractivity contribution in [2.75, 3.05) is 13.2 Å². The Hall–Kier alpha value is -1.39. The second kappa shape index (κ2) is 29.7. The van der Waals surface area contributed by atoms with E-state index >= 15 is 0 Å². The molecule has 0 rings (SSSR count). The van der Waals surface area contributed by atoms with Crippen molar-refractivity contribution in [1.29, 1.82) is 0 Å². The lowest BCUT2D eigenvalue weighted by Crippen LogP contribution is -2.27. The van der Waals surface area contributed by atoms with E-state index in [1.807, 2.05) is 27.7 Å². The van der Waals surface area contributed by atoms with Crippen LogP contribution in [0.3, 0.4) is 0 Å². The highest BCUT2D eigenvalue weighted by Gasteiger charge is 2.29. The van der Waals surface area contributed by atoms with E-state index in [0.717, 1.165) is 77.0 Å². The van der Waals surface area contributed by atoms with Crippen molar-refractivity contribution >= 4 is 17.7 Å². The second-order valence-corrected chi connectivity index (χ2v) is 15.4. The van der Waals surface area contributed by atoms with Crippen LogP contribution in [0.1, 0.15) is 221 Å². The van der Waals surface area contributed by atoms with Crippen LogP contribution in [0.4, 0.5) is 0 Å². The molecule has 0 saturated carbocycles. The van der Waals surface area contributed by atoms with Crippen LogP contribution in [-0.2, 0) is 23.9 Å². The molecule has 272 valence electrons. The van der Waals surface area contributed by atoms with Crippen LogP contribution < -0.4 is 0 Å². The normalized spacial score (nSPS) is 12.0. The van der Waals surface area contributed by atoms with Gasteiger partial charge in [-0.25, -0.2) is 0 Å². The van der Waals surface area contributed by atoms with Crippen molar-refractivity contribution in [1.82, 2.24) is 0 Å². The molecule has 0 N–H and O–H groups in total. The van der Waals surface area contributed by atoms with Crippen molar-refractivity contribution in [2.24, 2.45) is 10.8 Å². The number of hydrogen-bond donors (Lipinski definition) is 0. The van der Waals surface area contributed by atoms with Gasteiger partial charge in [-0.3, -0.25) is 14.4 Å². The Kier molecular flexibility index (Phi) is 28.8. The molecule has 0 amide bonds. The topological polar surface area (TPSA) is 69.7 Å². The van der Waals surface area contributed by atoms with E-state index < -0.39 is 10.8 Å². The van der Waals surface area contributed by atoms with Crippen LogP contribution in [0.5, 0.6) is 0 Å². The minimum Gasteiger partial charge on any atom is -0.465 e. The summed E-state index contributed by atoms with van der Waals surface area (Å²) in [5.41, 5.74) is -0.923. The number of ether oxygens (including phenoxy) is 2. The Morgan fingerprint density at radius 3 is 1.00 bits per heavy atom.